The highest BCUT2D eigenvalue weighted by Gasteiger charge is 2.35. The molecule has 44 heavy (non-hydrogen) atoms. The Kier molecular flexibility index (Phi) is 6.18. The number of halogens is 1. The first-order valence-electron chi connectivity index (χ1n) is 16.2. The van der Waals surface area contributed by atoms with Crippen LogP contribution in [0.4, 0.5) is 0 Å². The minimum absolute atomic E-state index is 1.25. The van der Waals surface area contributed by atoms with Crippen LogP contribution in [0.25, 0.3) is 65.3 Å². The summed E-state index contributed by atoms with van der Waals surface area (Å²) >= 11 is 4.18. The lowest BCUT2D eigenvalue weighted by Gasteiger charge is -2.25. The van der Waals surface area contributed by atoms with Crippen LogP contribution in [0.15, 0.2) is 4.47 Å². The first kappa shape index (κ1) is 29.5. The van der Waals surface area contributed by atoms with Crippen LogP contribution in [0, 0.1) is 104 Å². The van der Waals surface area contributed by atoms with Crippen molar-refractivity contribution >= 4 is 59.0 Å². The summed E-state index contributed by atoms with van der Waals surface area (Å²) < 4.78 is 1.25. The van der Waals surface area contributed by atoms with Gasteiger partial charge in [0.2, 0.25) is 0 Å². The summed E-state index contributed by atoms with van der Waals surface area (Å²) in [7, 11) is 0. The molecule has 0 aliphatic heterocycles. The quantitative estimate of drug-likeness (QED) is 0.145. The highest BCUT2D eigenvalue weighted by atomic mass is 79.9. The fraction of sp³-hybridized carbons (Fsp3) is 0.349. The maximum atomic E-state index is 4.18. The van der Waals surface area contributed by atoms with Gasteiger partial charge in [0.1, 0.15) is 0 Å². The lowest BCUT2D eigenvalue weighted by molar-refractivity contribution is 1.24. The molecule has 1 aliphatic carbocycles. The first-order chi connectivity index (χ1) is 20.6. The fourth-order valence-electron chi connectivity index (χ4n) is 9.35. The molecule has 0 bridgehead atoms. The molecule has 0 aromatic heterocycles. The van der Waals surface area contributed by atoms with Crippen LogP contribution in [0.3, 0.4) is 0 Å². The van der Waals surface area contributed by atoms with Crippen molar-refractivity contribution in [2.75, 3.05) is 0 Å². The summed E-state index contributed by atoms with van der Waals surface area (Å²) in [4.78, 5) is 0. The van der Waals surface area contributed by atoms with Gasteiger partial charge in [0.25, 0.3) is 0 Å². The Morgan fingerprint density at radius 3 is 0.932 bits per heavy atom. The molecule has 0 fully saturated rings. The Labute approximate surface area is 272 Å². The van der Waals surface area contributed by atoms with Crippen molar-refractivity contribution in [3.05, 3.63) is 87.9 Å². The molecule has 6 aromatic carbocycles. The van der Waals surface area contributed by atoms with Crippen molar-refractivity contribution in [3.8, 4) is 22.3 Å². The molecule has 0 unspecified atom stereocenters. The number of hydrogen-bond donors (Lipinski definition) is 0. The summed E-state index contributed by atoms with van der Waals surface area (Å²) in [5.74, 6) is 0. The Balaban J connectivity index is 1.91. The summed E-state index contributed by atoms with van der Waals surface area (Å²) in [5.41, 5.74) is 27.2. The van der Waals surface area contributed by atoms with Crippen LogP contribution < -0.4 is 0 Å². The molecule has 0 saturated heterocycles. The van der Waals surface area contributed by atoms with Gasteiger partial charge in [-0.05, 0) is 263 Å². The number of fused-ring (bicyclic) bond motifs is 8. The topological polar surface area (TPSA) is 0 Å². The number of rotatable bonds is 0. The maximum Gasteiger partial charge on any atom is 0.0292 e. The number of benzene rings is 6. The van der Waals surface area contributed by atoms with Gasteiger partial charge in [0, 0.05) is 9.86 Å². The van der Waals surface area contributed by atoms with Gasteiger partial charge in [-0.3, -0.25) is 0 Å². The van der Waals surface area contributed by atoms with E-state index >= 15 is 0 Å². The van der Waals surface area contributed by atoms with E-state index in [4.69, 9.17) is 0 Å². The van der Waals surface area contributed by atoms with E-state index in [0.717, 1.165) is 0 Å². The van der Waals surface area contributed by atoms with Crippen LogP contribution in [0.1, 0.15) is 83.5 Å². The number of hydrogen-bond acceptors (Lipinski definition) is 0. The highest BCUT2D eigenvalue weighted by Crippen LogP contribution is 2.60. The largest absolute Gasteiger partial charge is 0.0498 e. The van der Waals surface area contributed by atoms with Crippen molar-refractivity contribution in [1.82, 2.24) is 0 Å². The average molecular weight is 642 g/mol. The molecule has 0 heterocycles. The Morgan fingerprint density at radius 2 is 0.477 bits per heavy atom. The highest BCUT2D eigenvalue weighted by molar-refractivity contribution is 9.10. The Hall–Kier alpha value is -3.16. The zero-order chi connectivity index (χ0) is 32.2. The molecule has 0 nitrogen and oxygen atoms in total. The molecule has 7 rings (SSSR count). The van der Waals surface area contributed by atoms with Crippen molar-refractivity contribution in [3.63, 3.8) is 0 Å². The molecule has 0 atom stereocenters. The van der Waals surface area contributed by atoms with E-state index in [2.05, 4.69) is 120 Å². The molecule has 0 spiro atoms. The molecule has 224 valence electrons. The van der Waals surface area contributed by atoms with E-state index in [0.29, 0.717) is 0 Å². The molecular weight excluding hydrogens is 596 g/mol. The fourth-order valence-corrected chi connectivity index (χ4v) is 10.0. The second kappa shape index (κ2) is 9.20. The standard InChI is InChI=1S/C43H45Br/c1-16-17(2)22(7)32-28(13)37-36(27(12)31(32)21(16)6)34-24(9)20(5)25(10)35-40-30(15)43(44)41-26(11)19(4)18(3)23(8)33(41)38(40)29(14)39(37)42(34)35/h1-15H3. The van der Waals surface area contributed by atoms with E-state index in [-0.39, 0.29) is 0 Å². The zero-order valence-corrected chi connectivity index (χ0v) is 31.0. The second-order valence-corrected chi connectivity index (χ2v) is 15.0. The van der Waals surface area contributed by atoms with Gasteiger partial charge in [-0.1, -0.05) is 0 Å². The lowest BCUT2D eigenvalue weighted by Crippen LogP contribution is -2.01. The van der Waals surface area contributed by atoms with E-state index in [1.54, 1.807) is 0 Å². The van der Waals surface area contributed by atoms with Crippen molar-refractivity contribution in [2.24, 2.45) is 0 Å². The molecule has 0 amide bonds. The van der Waals surface area contributed by atoms with Gasteiger partial charge in [-0.2, -0.15) is 0 Å². The Bertz CT molecular complexity index is 2410. The minimum Gasteiger partial charge on any atom is -0.0498 e. The molecular formula is C43H45Br. The van der Waals surface area contributed by atoms with Gasteiger partial charge in [0.05, 0.1) is 0 Å². The lowest BCUT2D eigenvalue weighted by atomic mass is 9.80. The zero-order valence-electron chi connectivity index (χ0n) is 29.4. The van der Waals surface area contributed by atoms with Gasteiger partial charge in [-0.25, -0.2) is 0 Å². The predicted octanol–water partition coefficient (Wildman–Crippen LogP) is 13.3. The number of aryl methyl sites for hydroxylation is 9. The minimum atomic E-state index is 1.25. The summed E-state index contributed by atoms with van der Waals surface area (Å²) in [5, 5.41) is 11.5. The van der Waals surface area contributed by atoms with E-state index in [9.17, 15) is 0 Å². The van der Waals surface area contributed by atoms with Crippen LogP contribution in [0.2, 0.25) is 0 Å². The third-order valence-electron chi connectivity index (χ3n) is 12.7. The van der Waals surface area contributed by atoms with E-state index in [1.807, 2.05) is 0 Å². The van der Waals surface area contributed by atoms with Crippen LogP contribution in [0.5, 0.6) is 0 Å². The first-order valence-corrected chi connectivity index (χ1v) is 17.0. The molecule has 0 saturated carbocycles. The van der Waals surface area contributed by atoms with Crippen LogP contribution in [-0.4, -0.2) is 0 Å². The van der Waals surface area contributed by atoms with Crippen LogP contribution in [-0.2, 0) is 0 Å². The van der Waals surface area contributed by atoms with Gasteiger partial charge < -0.3 is 0 Å². The molecule has 1 heteroatoms. The molecule has 6 aromatic rings. The Morgan fingerprint density at radius 1 is 0.205 bits per heavy atom. The third kappa shape index (κ3) is 3.15. The van der Waals surface area contributed by atoms with Crippen molar-refractivity contribution in [1.29, 1.82) is 0 Å². The van der Waals surface area contributed by atoms with E-state index in [1.165, 1.54) is 153 Å². The normalized spacial score (nSPS) is 12.5. The maximum absolute atomic E-state index is 4.18. The second-order valence-electron chi connectivity index (χ2n) is 14.2. The van der Waals surface area contributed by atoms with Gasteiger partial charge in [0.15, 0.2) is 0 Å². The molecule has 1 aliphatic rings. The predicted molar refractivity (Wildman–Crippen MR) is 200 cm³/mol. The van der Waals surface area contributed by atoms with Crippen molar-refractivity contribution in [2.45, 2.75) is 104 Å². The van der Waals surface area contributed by atoms with Gasteiger partial charge >= 0.3 is 0 Å². The van der Waals surface area contributed by atoms with Gasteiger partial charge in [-0.15, -0.1) is 0 Å². The summed E-state index contributed by atoms with van der Waals surface area (Å²) in [6.45, 7) is 35.3. The van der Waals surface area contributed by atoms with Crippen molar-refractivity contribution < 1.29 is 0 Å². The third-order valence-corrected chi connectivity index (χ3v) is 13.7. The van der Waals surface area contributed by atoms with Crippen LogP contribution >= 0.6 is 15.9 Å². The average Bonchev–Trinajstić information content (AvgIpc) is 3.36. The summed E-state index contributed by atoms with van der Waals surface area (Å²) in [6.07, 6.45) is 0. The molecule has 0 N–H and O–H groups in total. The van der Waals surface area contributed by atoms with E-state index < -0.39 is 0 Å². The SMILES string of the molecule is Cc1c(C)c(C)c2c(C)c3c(c(C)c2c1C)-c1c(C)c(C)c(C)c2c1c-3c(C)c1c3c(C)c(C)c(C)c(C)c3c(Br)c(C)c21. The smallest absolute Gasteiger partial charge is 0.0292 e. The molecule has 0 radical (unpaired) electrons. The summed E-state index contributed by atoms with van der Waals surface area (Å²) in [6, 6.07) is 0. The monoisotopic (exact) mass is 640 g/mol.